The molecule has 172 valence electrons. The number of carbonyl (C=O) groups is 1. The minimum Gasteiger partial charge on any atom is -0.489 e. The second-order valence-electron chi connectivity index (χ2n) is 8.20. The van der Waals surface area contributed by atoms with E-state index < -0.39 is 11.9 Å². The quantitative estimate of drug-likeness (QED) is 0.339. The van der Waals surface area contributed by atoms with Crippen molar-refractivity contribution in [3.8, 4) is 5.75 Å². The number of hydrogen-bond acceptors (Lipinski definition) is 7. The highest BCUT2D eigenvalue weighted by Crippen LogP contribution is 2.42. The van der Waals surface area contributed by atoms with Crippen LogP contribution in [0.2, 0.25) is 0 Å². The van der Waals surface area contributed by atoms with E-state index in [-0.39, 0.29) is 11.2 Å². The lowest BCUT2D eigenvalue weighted by atomic mass is 9.98. The Kier molecular flexibility index (Phi) is 5.15. The molecular weight excluding hydrogens is 462 g/mol. The van der Waals surface area contributed by atoms with E-state index in [2.05, 4.69) is 10.2 Å². The summed E-state index contributed by atoms with van der Waals surface area (Å²) in [4.78, 5) is 28.7. The van der Waals surface area contributed by atoms with Crippen LogP contribution >= 0.6 is 11.3 Å². The highest BCUT2D eigenvalue weighted by atomic mass is 32.1. The number of carbonyl (C=O) groups excluding carboxylic acids is 1. The zero-order valence-electron chi connectivity index (χ0n) is 18.7. The molecule has 0 N–H and O–H groups in total. The van der Waals surface area contributed by atoms with Gasteiger partial charge in [0.25, 0.3) is 5.91 Å². The Labute approximate surface area is 204 Å². The van der Waals surface area contributed by atoms with Gasteiger partial charge in [0.2, 0.25) is 10.9 Å². The summed E-state index contributed by atoms with van der Waals surface area (Å²) < 4.78 is 12.0. The molecule has 2 aromatic heterocycles. The second-order valence-corrected chi connectivity index (χ2v) is 9.36. The van der Waals surface area contributed by atoms with Gasteiger partial charge in [-0.3, -0.25) is 14.5 Å². The smallest absolute Gasteiger partial charge is 0.297 e. The van der Waals surface area contributed by atoms with Gasteiger partial charge in [-0.25, -0.2) is 0 Å². The Morgan fingerprint density at radius 2 is 1.77 bits per heavy atom. The Morgan fingerprint density at radius 3 is 2.57 bits per heavy atom. The summed E-state index contributed by atoms with van der Waals surface area (Å²) in [6, 6.07) is 23.5. The average molecular weight is 482 g/mol. The highest BCUT2D eigenvalue weighted by Gasteiger charge is 2.45. The topological polar surface area (TPSA) is 85.5 Å². The van der Waals surface area contributed by atoms with Crippen LogP contribution in [-0.2, 0) is 6.61 Å². The van der Waals surface area contributed by atoms with Crippen LogP contribution in [0.3, 0.4) is 0 Å². The number of ether oxygens (including phenoxy) is 1. The Balaban J connectivity index is 1.48. The molecule has 0 fully saturated rings. The minimum absolute atomic E-state index is 0.0298. The fourth-order valence-corrected chi connectivity index (χ4v) is 5.05. The van der Waals surface area contributed by atoms with Gasteiger partial charge in [0.15, 0.2) is 5.43 Å². The molecule has 1 amide bonds. The van der Waals surface area contributed by atoms with Crippen LogP contribution in [0.1, 0.15) is 38.3 Å². The van der Waals surface area contributed by atoms with Crippen LogP contribution in [0.15, 0.2) is 88.1 Å². The summed E-state index contributed by atoms with van der Waals surface area (Å²) in [5.41, 5.74) is 2.19. The number of aromatic nitrogens is 2. The normalized spacial score (nSPS) is 14.9. The molecule has 3 aromatic carbocycles. The predicted octanol–water partition coefficient (Wildman–Crippen LogP) is 5.28. The molecule has 3 heterocycles. The van der Waals surface area contributed by atoms with E-state index >= 15 is 0 Å². The molecule has 0 saturated carbocycles. The largest absolute Gasteiger partial charge is 0.489 e. The maximum absolute atomic E-state index is 13.6. The number of amides is 1. The van der Waals surface area contributed by atoms with E-state index in [0.29, 0.717) is 39.0 Å². The molecule has 8 heteroatoms. The number of nitrogens with zero attached hydrogens (tertiary/aromatic N) is 3. The average Bonchev–Trinajstić information content (AvgIpc) is 3.44. The number of fused-ring (bicyclic) bond motifs is 2. The van der Waals surface area contributed by atoms with Gasteiger partial charge in [-0.05, 0) is 42.3 Å². The third-order valence-corrected chi connectivity index (χ3v) is 6.76. The summed E-state index contributed by atoms with van der Waals surface area (Å²) in [5.74, 6) is 0.243. The first-order valence-electron chi connectivity index (χ1n) is 11.1. The molecule has 0 unspecified atom stereocenters. The summed E-state index contributed by atoms with van der Waals surface area (Å²) in [6.07, 6.45) is 0. The van der Waals surface area contributed by atoms with E-state index in [1.807, 2.05) is 61.5 Å². The summed E-state index contributed by atoms with van der Waals surface area (Å²) in [7, 11) is 0. The summed E-state index contributed by atoms with van der Waals surface area (Å²) in [5, 5.41) is 9.84. The number of hydrogen-bond donors (Lipinski definition) is 0. The Hall–Kier alpha value is -4.30. The molecule has 0 saturated heterocycles. The third-order valence-electron chi connectivity index (χ3n) is 5.92. The van der Waals surface area contributed by atoms with Gasteiger partial charge in [0, 0.05) is 0 Å². The molecule has 1 atom stereocenters. The number of rotatable bonds is 5. The van der Waals surface area contributed by atoms with Gasteiger partial charge >= 0.3 is 0 Å². The van der Waals surface area contributed by atoms with Crippen LogP contribution in [0.25, 0.3) is 11.0 Å². The predicted molar refractivity (Wildman–Crippen MR) is 133 cm³/mol. The number of para-hydroxylation sites is 1. The second kappa shape index (κ2) is 8.48. The molecule has 35 heavy (non-hydrogen) atoms. The van der Waals surface area contributed by atoms with Gasteiger partial charge in [-0.1, -0.05) is 65.9 Å². The zero-order valence-corrected chi connectivity index (χ0v) is 19.5. The first-order chi connectivity index (χ1) is 17.1. The van der Waals surface area contributed by atoms with Crippen molar-refractivity contribution < 1.29 is 13.9 Å². The maximum Gasteiger partial charge on any atom is 0.297 e. The van der Waals surface area contributed by atoms with E-state index in [1.165, 1.54) is 16.2 Å². The number of benzene rings is 3. The zero-order chi connectivity index (χ0) is 23.9. The molecular formula is C27H19N3O4S. The monoisotopic (exact) mass is 481 g/mol. The van der Waals surface area contributed by atoms with Crippen LogP contribution < -0.4 is 15.1 Å². The van der Waals surface area contributed by atoms with Crippen molar-refractivity contribution in [3.63, 3.8) is 0 Å². The first-order valence-corrected chi connectivity index (χ1v) is 11.9. The molecule has 5 aromatic rings. The van der Waals surface area contributed by atoms with E-state index in [0.717, 1.165) is 11.1 Å². The first kappa shape index (κ1) is 21.2. The standard InChI is InChI=1S/C27H19N3O4S/c1-16-28-29-27(35-16)30-23(18-10-7-11-19(14-18)33-15-17-8-3-2-4-9-17)22-24(31)20-12-5-6-13-21(20)34-25(22)26(30)32/h2-14,23H,15H2,1H3/t23-/m1/s1. The van der Waals surface area contributed by atoms with Crippen molar-refractivity contribution in [2.24, 2.45) is 0 Å². The van der Waals surface area contributed by atoms with E-state index in [4.69, 9.17) is 9.15 Å². The molecule has 7 nitrogen and oxygen atoms in total. The maximum atomic E-state index is 13.6. The molecule has 1 aliphatic heterocycles. The van der Waals surface area contributed by atoms with Crippen LogP contribution in [0.5, 0.6) is 5.75 Å². The highest BCUT2D eigenvalue weighted by molar-refractivity contribution is 7.15. The van der Waals surface area contributed by atoms with Crippen molar-refractivity contribution in [2.45, 2.75) is 19.6 Å². The molecule has 0 spiro atoms. The van der Waals surface area contributed by atoms with Crippen molar-refractivity contribution >= 4 is 33.3 Å². The van der Waals surface area contributed by atoms with Crippen molar-refractivity contribution in [2.75, 3.05) is 4.90 Å². The van der Waals surface area contributed by atoms with Gasteiger partial charge in [0.05, 0.1) is 17.0 Å². The van der Waals surface area contributed by atoms with Crippen molar-refractivity contribution in [1.29, 1.82) is 0 Å². The molecule has 0 aliphatic carbocycles. The van der Waals surface area contributed by atoms with Crippen LogP contribution in [-0.4, -0.2) is 16.1 Å². The van der Waals surface area contributed by atoms with Crippen molar-refractivity contribution in [1.82, 2.24) is 10.2 Å². The minimum atomic E-state index is -0.717. The fourth-order valence-electron chi connectivity index (χ4n) is 4.33. The lowest BCUT2D eigenvalue weighted by molar-refractivity contribution is 0.0970. The molecule has 0 bridgehead atoms. The summed E-state index contributed by atoms with van der Waals surface area (Å²) >= 11 is 1.29. The molecule has 6 rings (SSSR count). The van der Waals surface area contributed by atoms with Gasteiger partial charge in [-0.2, -0.15) is 0 Å². The molecule has 0 radical (unpaired) electrons. The van der Waals surface area contributed by atoms with E-state index in [1.54, 1.807) is 24.3 Å². The Morgan fingerprint density at radius 1 is 0.971 bits per heavy atom. The third kappa shape index (κ3) is 3.68. The van der Waals surface area contributed by atoms with Gasteiger partial charge in [-0.15, -0.1) is 10.2 Å². The van der Waals surface area contributed by atoms with Crippen molar-refractivity contribution in [3.05, 3.63) is 117 Å². The number of aryl methyl sites for hydroxylation is 1. The summed E-state index contributed by atoms with van der Waals surface area (Å²) in [6.45, 7) is 2.22. The SMILES string of the molecule is Cc1nnc(N2C(=O)c3oc4ccccc4c(=O)c3[C@H]2c2cccc(OCc3ccccc3)c2)s1. The molecule has 1 aliphatic rings. The van der Waals surface area contributed by atoms with E-state index in [9.17, 15) is 9.59 Å². The lowest BCUT2D eigenvalue weighted by Crippen LogP contribution is -2.29. The Bertz CT molecular complexity index is 1630. The van der Waals surface area contributed by atoms with Gasteiger partial charge in [0.1, 0.15) is 22.9 Å². The fraction of sp³-hybridized carbons (Fsp3) is 0.111. The van der Waals surface area contributed by atoms with Crippen LogP contribution in [0, 0.1) is 6.92 Å². The lowest BCUT2D eigenvalue weighted by Gasteiger charge is -2.22. The van der Waals surface area contributed by atoms with Gasteiger partial charge < -0.3 is 9.15 Å². The van der Waals surface area contributed by atoms with Crippen LogP contribution in [0.4, 0.5) is 5.13 Å². The number of anilines is 1.